The molecule has 0 unspecified atom stereocenters. The second kappa shape index (κ2) is 9.50. The Morgan fingerprint density at radius 1 is 0.966 bits per heavy atom. The van der Waals surface area contributed by atoms with Crippen molar-refractivity contribution in [3.05, 3.63) is 65.5 Å². The van der Waals surface area contributed by atoms with Gasteiger partial charge in [-0.1, -0.05) is 43.7 Å². The number of carbonyl (C=O) groups excluding carboxylic acids is 1. The zero-order chi connectivity index (χ0) is 20.9. The molecule has 2 aromatic rings. The van der Waals surface area contributed by atoms with E-state index in [-0.39, 0.29) is 36.1 Å². The van der Waals surface area contributed by atoms with Gasteiger partial charge in [0.2, 0.25) is 15.9 Å². The normalized spacial score (nSPS) is 15.4. The predicted molar refractivity (Wildman–Crippen MR) is 110 cm³/mol. The number of sulfonamides is 1. The molecule has 0 aliphatic carbocycles. The predicted octanol–water partition coefficient (Wildman–Crippen LogP) is 3.24. The molecular weight excluding hydrogens is 391 g/mol. The lowest BCUT2D eigenvalue weighted by molar-refractivity contribution is -0.132. The van der Waals surface area contributed by atoms with Crippen LogP contribution in [0.15, 0.2) is 53.4 Å². The van der Waals surface area contributed by atoms with Crippen molar-refractivity contribution in [3.8, 4) is 0 Å². The molecule has 0 spiro atoms. The van der Waals surface area contributed by atoms with E-state index in [1.165, 1.54) is 10.4 Å². The second-order valence-electron chi connectivity index (χ2n) is 7.27. The van der Waals surface area contributed by atoms with Crippen LogP contribution >= 0.6 is 0 Å². The molecule has 0 radical (unpaired) electrons. The molecule has 1 heterocycles. The van der Waals surface area contributed by atoms with Crippen molar-refractivity contribution in [1.29, 1.82) is 0 Å². The van der Waals surface area contributed by atoms with Gasteiger partial charge in [0.15, 0.2) is 0 Å². The molecule has 1 aliphatic heterocycles. The summed E-state index contributed by atoms with van der Waals surface area (Å²) < 4.78 is 40.9. The topological polar surface area (TPSA) is 57.7 Å². The number of rotatable bonds is 7. The van der Waals surface area contributed by atoms with Crippen LogP contribution in [0.4, 0.5) is 4.39 Å². The number of aryl methyl sites for hydroxylation is 2. The first kappa shape index (κ1) is 21.5. The zero-order valence-electron chi connectivity index (χ0n) is 16.7. The smallest absolute Gasteiger partial charge is 0.243 e. The molecule has 1 saturated heterocycles. The minimum Gasteiger partial charge on any atom is -0.340 e. The number of nitrogens with zero attached hydrogens (tertiary/aromatic N) is 2. The third kappa shape index (κ3) is 5.22. The average molecular weight is 419 g/mol. The average Bonchev–Trinajstić information content (AvgIpc) is 2.74. The van der Waals surface area contributed by atoms with E-state index in [9.17, 15) is 17.6 Å². The molecule has 1 fully saturated rings. The summed E-state index contributed by atoms with van der Waals surface area (Å²) >= 11 is 0. The standard InChI is InChI=1S/C22H27FN2O3S/c1-2-5-18-8-11-20(12-9-18)29(27,28)25-16-14-24(15-17-25)22(26)13-10-19-6-3-4-7-21(19)23/h3-4,6-9,11-12H,2,5,10,13-17H2,1H3. The molecule has 0 bridgehead atoms. The van der Waals surface area contributed by atoms with E-state index in [2.05, 4.69) is 6.92 Å². The molecule has 0 N–H and O–H groups in total. The summed E-state index contributed by atoms with van der Waals surface area (Å²) in [5, 5.41) is 0. The number of carbonyl (C=O) groups is 1. The Morgan fingerprint density at radius 2 is 1.62 bits per heavy atom. The first-order chi connectivity index (χ1) is 13.9. The number of piperazine rings is 1. The molecule has 29 heavy (non-hydrogen) atoms. The Morgan fingerprint density at radius 3 is 2.24 bits per heavy atom. The van der Waals surface area contributed by atoms with Gasteiger partial charge < -0.3 is 4.90 Å². The third-order valence-electron chi connectivity index (χ3n) is 5.26. The van der Waals surface area contributed by atoms with Gasteiger partial charge in [0, 0.05) is 32.6 Å². The highest BCUT2D eigenvalue weighted by Gasteiger charge is 2.30. The molecule has 5 nitrogen and oxygen atoms in total. The number of halogens is 1. The SMILES string of the molecule is CCCc1ccc(S(=O)(=O)N2CCN(C(=O)CCc3ccccc3F)CC2)cc1. The Kier molecular flexibility index (Phi) is 7.03. The summed E-state index contributed by atoms with van der Waals surface area (Å²) in [4.78, 5) is 14.4. The van der Waals surface area contributed by atoms with E-state index in [1.807, 2.05) is 12.1 Å². The summed E-state index contributed by atoms with van der Waals surface area (Å²) in [6, 6.07) is 13.5. The van der Waals surface area contributed by atoms with Crippen molar-refractivity contribution in [2.75, 3.05) is 26.2 Å². The van der Waals surface area contributed by atoms with Gasteiger partial charge in [0.1, 0.15) is 5.82 Å². The maximum Gasteiger partial charge on any atom is 0.243 e. The lowest BCUT2D eigenvalue weighted by Gasteiger charge is -2.34. The first-order valence-corrected chi connectivity index (χ1v) is 11.5. The fraction of sp³-hybridized carbons (Fsp3) is 0.409. The third-order valence-corrected chi connectivity index (χ3v) is 7.17. The van der Waals surface area contributed by atoms with Crippen LogP contribution in [0.2, 0.25) is 0 Å². The fourth-order valence-electron chi connectivity index (χ4n) is 3.54. The van der Waals surface area contributed by atoms with E-state index in [0.717, 1.165) is 18.4 Å². The number of hydrogen-bond donors (Lipinski definition) is 0. The maximum absolute atomic E-state index is 13.7. The summed E-state index contributed by atoms with van der Waals surface area (Å²) in [6.07, 6.45) is 2.49. The quantitative estimate of drug-likeness (QED) is 0.694. The van der Waals surface area contributed by atoms with Gasteiger partial charge >= 0.3 is 0 Å². The lowest BCUT2D eigenvalue weighted by atomic mass is 10.1. The van der Waals surface area contributed by atoms with Crippen LogP contribution in [-0.2, 0) is 27.7 Å². The Bertz CT molecular complexity index is 937. The van der Waals surface area contributed by atoms with Crippen LogP contribution in [0, 0.1) is 5.82 Å². The molecule has 156 valence electrons. The number of hydrogen-bond acceptors (Lipinski definition) is 3. The van der Waals surface area contributed by atoms with Crippen LogP contribution in [0.1, 0.15) is 30.9 Å². The molecule has 0 aromatic heterocycles. The molecule has 0 saturated carbocycles. The summed E-state index contributed by atoms with van der Waals surface area (Å²) in [6.45, 7) is 3.32. The highest BCUT2D eigenvalue weighted by Crippen LogP contribution is 2.19. The zero-order valence-corrected chi connectivity index (χ0v) is 17.5. The monoisotopic (exact) mass is 418 g/mol. The van der Waals surface area contributed by atoms with Gasteiger partial charge in [0.25, 0.3) is 0 Å². The Hall–Kier alpha value is -2.25. The van der Waals surface area contributed by atoms with Crippen molar-refractivity contribution in [3.63, 3.8) is 0 Å². The van der Waals surface area contributed by atoms with Gasteiger partial charge in [-0.15, -0.1) is 0 Å². The van der Waals surface area contributed by atoms with Crippen LogP contribution in [0.25, 0.3) is 0 Å². The van der Waals surface area contributed by atoms with Gasteiger partial charge in [-0.2, -0.15) is 4.31 Å². The number of benzene rings is 2. The largest absolute Gasteiger partial charge is 0.340 e. The fourth-order valence-corrected chi connectivity index (χ4v) is 4.97. The first-order valence-electron chi connectivity index (χ1n) is 10.0. The van der Waals surface area contributed by atoms with Gasteiger partial charge in [-0.3, -0.25) is 4.79 Å². The molecular formula is C22H27FN2O3S. The van der Waals surface area contributed by atoms with Crippen molar-refractivity contribution >= 4 is 15.9 Å². The molecule has 1 aliphatic rings. The van der Waals surface area contributed by atoms with Crippen molar-refractivity contribution in [1.82, 2.24) is 9.21 Å². The Labute approximate surface area is 172 Å². The van der Waals surface area contributed by atoms with E-state index in [1.54, 1.807) is 35.2 Å². The van der Waals surface area contributed by atoms with Gasteiger partial charge in [0.05, 0.1) is 4.90 Å². The minimum atomic E-state index is -3.56. The second-order valence-corrected chi connectivity index (χ2v) is 9.21. The number of amides is 1. The molecule has 1 amide bonds. The summed E-state index contributed by atoms with van der Waals surface area (Å²) in [7, 11) is -3.56. The van der Waals surface area contributed by atoms with Crippen molar-refractivity contribution in [2.24, 2.45) is 0 Å². The van der Waals surface area contributed by atoms with Crippen LogP contribution < -0.4 is 0 Å². The highest BCUT2D eigenvalue weighted by atomic mass is 32.2. The van der Waals surface area contributed by atoms with Crippen molar-refractivity contribution < 1.29 is 17.6 Å². The maximum atomic E-state index is 13.7. The minimum absolute atomic E-state index is 0.0748. The van der Waals surface area contributed by atoms with E-state index >= 15 is 0 Å². The van der Waals surface area contributed by atoms with E-state index in [0.29, 0.717) is 25.1 Å². The van der Waals surface area contributed by atoms with Crippen LogP contribution in [0.3, 0.4) is 0 Å². The highest BCUT2D eigenvalue weighted by molar-refractivity contribution is 7.89. The van der Waals surface area contributed by atoms with Gasteiger partial charge in [-0.25, -0.2) is 12.8 Å². The molecule has 0 atom stereocenters. The Balaban J connectivity index is 1.55. The summed E-state index contributed by atoms with van der Waals surface area (Å²) in [5.74, 6) is -0.379. The lowest BCUT2D eigenvalue weighted by Crippen LogP contribution is -2.50. The molecule has 7 heteroatoms. The summed E-state index contributed by atoms with van der Waals surface area (Å²) in [5.41, 5.74) is 1.64. The van der Waals surface area contributed by atoms with E-state index in [4.69, 9.17) is 0 Å². The van der Waals surface area contributed by atoms with E-state index < -0.39 is 10.0 Å². The van der Waals surface area contributed by atoms with Gasteiger partial charge in [-0.05, 0) is 42.2 Å². The molecule has 3 rings (SSSR count). The van der Waals surface area contributed by atoms with Crippen LogP contribution in [-0.4, -0.2) is 49.7 Å². The van der Waals surface area contributed by atoms with Crippen molar-refractivity contribution in [2.45, 2.75) is 37.5 Å². The molecule has 2 aromatic carbocycles. The van der Waals surface area contributed by atoms with Crippen LogP contribution in [0.5, 0.6) is 0 Å².